The Morgan fingerprint density at radius 1 is 1.00 bits per heavy atom. The second-order valence-electron chi connectivity index (χ2n) is 9.86. The maximum Gasteiger partial charge on any atom is 0.407 e. The summed E-state index contributed by atoms with van der Waals surface area (Å²) in [4.78, 5) is 48.2. The van der Waals surface area contributed by atoms with Gasteiger partial charge >= 0.3 is 6.09 Å². The number of benzene rings is 3. The highest BCUT2D eigenvalue weighted by Crippen LogP contribution is 2.44. The minimum Gasteiger partial charge on any atom is -0.449 e. The van der Waals surface area contributed by atoms with Crippen molar-refractivity contribution in [2.75, 3.05) is 19.8 Å². The first-order chi connectivity index (χ1) is 19.0. The molecule has 0 spiro atoms. The smallest absolute Gasteiger partial charge is 0.407 e. The van der Waals surface area contributed by atoms with E-state index in [1.807, 2.05) is 66.7 Å². The molecule has 2 amide bonds. The fourth-order valence-corrected chi connectivity index (χ4v) is 5.70. The van der Waals surface area contributed by atoms with Gasteiger partial charge in [-0.25, -0.2) is 9.78 Å². The number of alkyl carbamates (subject to hydrolysis) is 1. The number of hydrogen-bond donors (Lipinski definition) is 3. The first-order valence-corrected chi connectivity index (χ1v) is 13.1. The molecule has 2 atom stereocenters. The number of carbonyl (C=O) groups is 3. The van der Waals surface area contributed by atoms with Gasteiger partial charge < -0.3 is 25.0 Å². The molecule has 9 heteroatoms. The summed E-state index contributed by atoms with van der Waals surface area (Å²) < 4.78 is 5.55. The van der Waals surface area contributed by atoms with Gasteiger partial charge in [0.1, 0.15) is 12.6 Å². The average molecular weight is 525 g/mol. The molecule has 1 aromatic heterocycles. The molecule has 1 aliphatic heterocycles. The fraction of sp³-hybridized carbons (Fsp3) is 0.267. The minimum absolute atomic E-state index is 0.0864. The van der Waals surface area contributed by atoms with Crippen molar-refractivity contribution in [1.29, 1.82) is 0 Å². The third-order valence-corrected chi connectivity index (χ3v) is 7.58. The largest absolute Gasteiger partial charge is 0.449 e. The summed E-state index contributed by atoms with van der Waals surface area (Å²) >= 11 is 0. The highest BCUT2D eigenvalue weighted by molar-refractivity contribution is 6.02. The molecule has 0 saturated carbocycles. The van der Waals surface area contributed by atoms with Crippen LogP contribution < -0.4 is 5.32 Å². The number of amides is 2. The van der Waals surface area contributed by atoms with E-state index in [0.717, 1.165) is 27.8 Å². The summed E-state index contributed by atoms with van der Waals surface area (Å²) in [5.41, 5.74) is 5.78. The summed E-state index contributed by atoms with van der Waals surface area (Å²) in [6.07, 6.45) is 0.305. The molecular weight excluding hydrogens is 496 g/mol. The molecule has 3 N–H and O–H groups in total. The van der Waals surface area contributed by atoms with E-state index >= 15 is 0 Å². The molecule has 2 aliphatic rings. The molecule has 198 valence electrons. The normalized spacial score (nSPS) is 17.1. The zero-order chi connectivity index (χ0) is 26.9. The first kappa shape index (κ1) is 24.8. The van der Waals surface area contributed by atoms with Gasteiger partial charge in [0.25, 0.3) is 0 Å². The van der Waals surface area contributed by atoms with Crippen LogP contribution in [0.1, 0.15) is 40.5 Å². The van der Waals surface area contributed by atoms with E-state index < -0.39 is 30.7 Å². The summed E-state index contributed by atoms with van der Waals surface area (Å²) in [6, 6.07) is 21.4. The van der Waals surface area contributed by atoms with Crippen molar-refractivity contribution in [3.05, 3.63) is 89.7 Å². The van der Waals surface area contributed by atoms with E-state index in [1.165, 1.54) is 4.90 Å². The number of aliphatic hydroxyl groups excluding tert-OH is 1. The van der Waals surface area contributed by atoms with Crippen LogP contribution in [-0.4, -0.2) is 69.6 Å². The number of hydrogen-bond acceptors (Lipinski definition) is 6. The maximum atomic E-state index is 13.3. The topological polar surface area (TPSA) is 125 Å². The van der Waals surface area contributed by atoms with Crippen LogP contribution in [0.4, 0.5) is 4.79 Å². The zero-order valence-electron chi connectivity index (χ0n) is 21.2. The van der Waals surface area contributed by atoms with Gasteiger partial charge in [-0.2, -0.15) is 0 Å². The Hall–Kier alpha value is -4.50. The van der Waals surface area contributed by atoms with Crippen molar-refractivity contribution >= 4 is 28.8 Å². The average Bonchev–Trinajstić information content (AvgIpc) is 3.70. The molecule has 1 saturated heterocycles. The molecule has 0 unspecified atom stereocenters. The van der Waals surface area contributed by atoms with Gasteiger partial charge in [-0.05, 0) is 47.2 Å². The number of fused-ring (bicyclic) bond motifs is 4. The number of ketones is 1. The van der Waals surface area contributed by atoms with E-state index in [-0.39, 0.29) is 24.1 Å². The van der Waals surface area contributed by atoms with Crippen LogP contribution in [0.5, 0.6) is 0 Å². The Balaban J connectivity index is 1.11. The Morgan fingerprint density at radius 3 is 2.36 bits per heavy atom. The first-order valence-electron chi connectivity index (χ1n) is 13.1. The fourth-order valence-electron chi connectivity index (χ4n) is 5.70. The molecule has 1 aliphatic carbocycles. The lowest BCUT2D eigenvalue weighted by Gasteiger charge is -2.27. The highest BCUT2D eigenvalue weighted by atomic mass is 16.5. The number of aromatic nitrogens is 2. The van der Waals surface area contributed by atoms with Crippen LogP contribution in [0.15, 0.2) is 72.8 Å². The van der Waals surface area contributed by atoms with Crippen molar-refractivity contribution in [2.24, 2.45) is 0 Å². The lowest BCUT2D eigenvalue weighted by molar-refractivity contribution is -0.134. The molecule has 0 radical (unpaired) electrons. The number of imidazole rings is 1. The van der Waals surface area contributed by atoms with Gasteiger partial charge in [0.2, 0.25) is 11.7 Å². The molecule has 6 rings (SSSR count). The van der Waals surface area contributed by atoms with Crippen LogP contribution in [0, 0.1) is 0 Å². The van der Waals surface area contributed by atoms with E-state index in [4.69, 9.17) is 4.74 Å². The van der Waals surface area contributed by atoms with Gasteiger partial charge in [-0.15, -0.1) is 0 Å². The molecule has 9 nitrogen and oxygen atoms in total. The molecule has 4 aromatic rings. The number of para-hydroxylation sites is 2. The van der Waals surface area contributed by atoms with Crippen LogP contribution in [0.2, 0.25) is 0 Å². The summed E-state index contributed by atoms with van der Waals surface area (Å²) in [6.45, 7) is -0.188. The van der Waals surface area contributed by atoms with Crippen LogP contribution in [0.3, 0.4) is 0 Å². The summed E-state index contributed by atoms with van der Waals surface area (Å²) in [5.74, 6) is -0.769. The summed E-state index contributed by atoms with van der Waals surface area (Å²) in [5, 5.41) is 12.5. The van der Waals surface area contributed by atoms with Gasteiger partial charge in [0.05, 0.1) is 23.7 Å². The van der Waals surface area contributed by atoms with E-state index in [2.05, 4.69) is 15.3 Å². The second-order valence-corrected chi connectivity index (χ2v) is 9.86. The predicted octanol–water partition coefficient (Wildman–Crippen LogP) is 3.64. The number of rotatable bonds is 7. The number of H-pyrrole nitrogens is 1. The molecule has 39 heavy (non-hydrogen) atoms. The monoisotopic (exact) mass is 524 g/mol. The molecule has 3 aromatic carbocycles. The highest BCUT2D eigenvalue weighted by Gasteiger charge is 2.39. The number of nitrogens with zero attached hydrogens (tertiary/aromatic N) is 2. The third-order valence-electron chi connectivity index (χ3n) is 7.58. The molecule has 0 bridgehead atoms. The Kier molecular flexibility index (Phi) is 6.58. The van der Waals surface area contributed by atoms with Crippen LogP contribution in [0.25, 0.3) is 22.2 Å². The Morgan fingerprint density at radius 2 is 1.67 bits per heavy atom. The van der Waals surface area contributed by atoms with E-state index in [9.17, 15) is 19.5 Å². The minimum atomic E-state index is -1.23. The molecule has 2 heterocycles. The van der Waals surface area contributed by atoms with Gasteiger partial charge in [0, 0.05) is 12.5 Å². The number of carbonyl (C=O) groups excluding carboxylic acids is 3. The predicted molar refractivity (Wildman–Crippen MR) is 144 cm³/mol. The molecule has 1 fully saturated rings. The Bertz CT molecular complexity index is 1490. The lowest BCUT2D eigenvalue weighted by Crippen LogP contribution is -2.53. The Labute approximate surface area is 224 Å². The van der Waals surface area contributed by atoms with Crippen molar-refractivity contribution in [3.8, 4) is 11.1 Å². The van der Waals surface area contributed by atoms with E-state index in [1.54, 1.807) is 6.07 Å². The van der Waals surface area contributed by atoms with Crippen molar-refractivity contribution in [1.82, 2.24) is 20.2 Å². The number of likely N-dealkylation sites (tertiary alicyclic amines) is 1. The van der Waals surface area contributed by atoms with Crippen molar-refractivity contribution < 1.29 is 24.2 Å². The SMILES string of the molecule is O=C(N[C@@H](CO)C(=O)N1CCC[C@H]1C(=O)c1nc2ccccc2[nH]1)OCC1c2ccccc2-c2ccccc21. The van der Waals surface area contributed by atoms with Gasteiger partial charge in [-0.1, -0.05) is 60.7 Å². The summed E-state index contributed by atoms with van der Waals surface area (Å²) in [7, 11) is 0. The zero-order valence-corrected chi connectivity index (χ0v) is 21.2. The number of aromatic amines is 1. The van der Waals surface area contributed by atoms with Crippen molar-refractivity contribution in [2.45, 2.75) is 30.8 Å². The maximum absolute atomic E-state index is 13.3. The third kappa shape index (κ3) is 4.55. The number of Topliss-reactive ketones (excluding diaryl/α,β-unsaturated/α-hetero) is 1. The molecular formula is C30H28N4O5. The van der Waals surface area contributed by atoms with E-state index in [0.29, 0.717) is 24.9 Å². The number of ether oxygens (including phenoxy) is 1. The van der Waals surface area contributed by atoms with Crippen molar-refractivity contribution in [3.63, 3.8) is 0 Å². The quantitative estimate of drug-likeness (QED) is 0.317. The standard InChI is InChI=1S/C30H28N4O5/c35-16-25(29(37)34-15-7-14-26(34)27(36)28-31-23-12-5-6-13-24(23)32-28)33-30(38)39-17-22-20-10-3-1-8-18(20)19-9-2-4-11-21(19)22/h1-6,8-13,22,25-26,35H,7,14-17H2,(H,31,32)(H,33,38)/t25-,26-/m0/s1. The van der Waals surface area contributed by atoms with Crippen LogP contribution in [-0.2, 0) is 9.53 Å². The number of nitrogens with one attached hydrogen (secondary N) is 2. The van der Waals surface area contributed by atoms with Crippen LogP contribution >= 0.6 is 0 Å². The van der Waals surface area contributed by atoms with Gasteiger partial charge in [-0.3, -0.25) is 9.59 Å². The number of aliphatic hydroxyl groups is 1. The second kappa shape index (κ2) is 10.3. The van der Waals surface area contributed by atoms with Gasteiger partial charge in [0.15, 0.2) is 5.82 Å². The lowest BCUT2D eigenvalue weighted by atomic mass is 9.98.